The van der Waals surface area contributed by atoms with Gasteiger partial charge in [-0.15, -0.1) is 0 Å². The van der Waals surface area contributed by atoms with Gasteiger partial charge in [0.05, 0.1) is 49.1 Å². The highest BCUT2D eigenvalue weighted by molar-refractivity contribution is 5.32. The fourth-order valence-electron chi connectivity index (χ4n) is 1.98. The van der Waals surface area contributed by atoms with Gasteiger partial charge in [0.1, 0.15) is 6.04 Å². The van der Waals surface area contributed by atoms with Crippen molar-refractivity contribution in [3.8, 4) is 18.2 Å². The summed E-state index contributed by atoms with van der Waals surface area (Å²) in [6, 6.07) is 20.4. The molecule has 2 atom stereocenters. The van der Waals surface area contributed by atoms with E-state index in [2.05, 4.69) is 17.0 Å². The molecule has 2 aromatic carbocycles. The average molecular weight is 347 g/mol. The topological polar surface area (TPSA) is 119 Å². The van der Waals surface area contributed by atoms with E-state index in [9.17, 15) is 0 Å². The van der Waals surface area contributed by atoms with E-state index in [-0.39, 0.29) is 6.04 Å². The summed E-state index contributed by atoms with van der Waals surface area (Å²) in [5.41, 5.74) is 3.25. The van der Waals surface area contributed by atoms with Gasteiger partial charge in [-0.05, 0) is 35.4 Å². The highest BCUT2D eigenvalue weighted by Gasteiger charge is 2.35. The van der Waals surface area contributed by atoms with Crippen LogP contribution < -0.4 is 5.90 Å². The van der Waals surface area contributed by atoms with Crippen LogP contribution in [0, 0.1) is 34.0 Å². The summed E-state index contributed by atoms with van der Waals surface area (Å²) in [5.74, 6) is 4.87. The largest absolute Gasteiger partial charge is 0.300 e. The number of hydroxylamine groups is 2. The Kier molecular flexibility index (Phi) is 7.27. The van der Waals surface area contributed by atoms with Crippen LogP contribution in [0.3, 0.4) is 0 Å². The van der Waals surface area contributed by atoms with Crippen molar-refractivity contribution in [1.82, 2.24) is 5.06 Å². The van der Waals surface area contributed by atoms with E-state index in [0.717, 1.165) is 11.1 Å². The van der Waals surface area contributed by atoms with E-state index >= 15 is 0 Å². The van der Waals surface area contributed by atoms with Crippen molar-refractivity contribution >= 4 is 0 Å². The zero-order valence-corrected chi connectivity index (χ0v) is 14.0. The number of nitrogens with two attached hydrogens (primary N) is 1. The first-order chi connectivity index (χ1) is 12.7. The molecule has 1 saturated heterocycles. The number of rotatable bonds is 5. The summed E-state index contributed by atoms with van der Waals surface area (Å²) in [5, 5.41) is 27.2. The number of hydrogen-bond donors (Lipinski definition) is 1. The standard InChI is InChI=1S/C11H9N3O.C8H8N2O/c12-5-9-1-3-10(4-2-9)8-15-14-7-11(14)6-13;9-5-7-1-3-8(4-2-7)6-11-10/h1-4,11H,7-8H2;1-4H,6,10H2. The first-order valence-electron chi connectivity index (χ1n) is 7.79. The molecule has 130 valence electrons. The van der Waals surface area contributed by atoms with E-state index in [0.29, 0.717) is 30.9 Å². The van der Waals surface area contributed by atoms with Gasteiger partial charge < -0.3 is 0 Å². The van der Waals surface area contributed by atoms with Crippen LogP contribution >= 0.6 is 0 Å². The van der Waals surface area contributed by atoms with Gasteiger partial charge >= 0.3 is 0 Å². The first kappa shape index (κ1) is 19.1. The quantitative estimate of drug-likeness (QED) is 0.650. The highest BCUT2D eigenvalue weighted by Crippen LogP contribution is 2.18. The summed E-state index contributed by atoms with van der Waals surface area (Å²) < 4.78 is 0. The van der Waals surface area contributed by atoms with E-state index in [4.69, 9.17) is 26.5 Å². The van der Waals surface area contributed by atoms with Crippen LogP contribution in [0.2, 0.25) is 0 Å². The third kappa shape index (κ3) is 5.99. The zero-order chi connectivity index (χ0) is 18.8. The Hall–Kier alpha value is -3.25. The number of hydrogen-bond acceptors (Lipinski definition) is 7. The maximum atomic E-state index is 8.60. The van der Waals surface area contributed by atoms with Crippen LogP contribution in [0.4, 0.5) is 0 Å². The second-order valence-electron chi connectivity index (χ2n) is 5.45. The summed E-state index contributed by atoms with van der Waals surface area (Å²) in [4.78, 5) is 9.76. The molecule has 1 heterocycles. The Morgan fingerprint density at radius 1 is 0.885 bits per heavy atom. The minimum Gasteiger partial charge on any atom is -0.300 e. The number of benzene rings is 2. The minimum atomic E-state index is -0.0802. The lowest BCUT2D eigenvalue weighted by Crippen LogP contribution is -2.02. The summed E-state index contributed by atoms with van der Waals surface area (Å²) in [7, 11) is 0. The van der Waals surface area contributed by atoms with Crippen molar-refractivity contribution in [3.05, 3.63) is 70.8 Å². The van der Waals surface area contributed by atoms with E-state index < -0.39 is 0 Å². The molecule has 0 aromatic heterocycles. The lowest BCUT2D eigenvalue weighted by atomic mass is 10.2. The molecule has 7 heteroatoms. The fraction of sp³-hybridized carbons (Fsp3) is 0.211. The van der Waals surface area contributed by atoms with Gasteiger partial charge in [0.2, 0.25) is 0 Å². The van der Waals surface area contributed by atoms with Gasteiger partial charge in [-0.25, -0.2) is 5.90 Å². The molecular formula is C19H17N5O2. The number of nitriles is 3. The maximum absolute atomic E-state index is 8.60. The Labute approximate surface area is 151 Å². The molecule has 0 aliphatic carbocycles. The molecule has 26 heavy (non-hydrogen) atoms. The zero-order valence-electron chi connectivity index (χ0n) is 14.0. The number of nitrogens with zero attached hydrogens (tertiary/aromatic N) is 4. The second kappa shape index (κ2) is 9.90. The normalized spacial score (nSPS) is 17.0. The van der Waals surface area contributed by atoms with Crippen LogP contribution in [-0.4, -0.2) is 17.6 Å². The maximum Gasteiger partial charge on any atom is 0.137 e. The van der Waals surface area contributed by atoms with Crippen LogP contribution in [0.15, 0.2) is 48.5 Å². The van der Waals surface area contributed by atoms with Gasteiger partial charge in [-0.1, -0.05) is 24.3 Å². The van der Waals surface area contributed by atoms with Gasteiger partial charge in [0.15, 0.2) is 0 Å². The van der Waals surface area contributed by atoms with Gasteiger partial charge in [0.25, 0.3) is 0 Å². The van der Waals surface area contributed by atoms with Crippen molar-refractivity contribution < 1.29 is 9.68 Å². The molecular weight excluding hydrogens is 330 g/mol. The predicted octanol–water partition coefficient (Wildman–Crippen LogP) is 2.15. The predicted molar refractivity (Wildman–Crippen MR) is 92.2 cm³/mol. The fourth-order valence-corrected chi connectivity index (χ4v) is 1.98. The summed E-state index contributed by atoms with van der Waals surface area (Å²) in [6.07, 6.45) is 0. The van der Waals surface area contributed by atoms with Gasteiger partial charge in [-0.3, -0.25) is 9.68 Å². The SMILES string of the molecule is N#Cc1ccc(CON)cc1.N#Cc1ccc(CON2CC2C#N)cc1. The van der Waals surface area contributed by atoms with Crippen molar-refractivity contribution in [2.45, 2.75) is 19.3 Å². The molecule has 2 aromatic rings. The monoisotopic (exact) mass is 347 g/mol. The van der Waals surface area contributed by atoms with Crippen LogP contribution in [-0.2, 0) is 22.9 Å². The van der Waals surface area contributed by atoms with Crippen molar-refractivity contribution in [1.29, 1.82) is 15.8 Å². The molecule has 1 aliphatic rings. The van der Waals surface area contributed by atoms with E-state index in [1.807, 2.05) is 30.3 Å². The summed E-state index contributed by atoms with van der Waals surface area (Å²) >= 11 is 0. The Balaban J connectivity index is 0.000000197. The van der Waals surface area contributed by atoms with Crippen molar-refractivity contribution in [2.24, 2.45) is 5.90 Å². The highest BCUT2D eigenvalue weighted by atomic mass is 16.7. The molecule has 0 radical (unpaired) electrons. The first-order valence-corrected chi connectivity index (χ1v) is 7.79. The third-order valence-electron chi connectivity index (χ3n) is 3.53. The second-order valence-corrected chi connectivity index (χ2v) is 5.45. The molecule has 0 spiro atoms. The third-order valence-corrected chi connectivity index (χ3v) is 3.53. The molecule has 3 rings (SSSR count). The Bertz CT molecular complexity index is 829. The Morgan fingerprint density at radius 3 is 1.77 bits per heavy atom. The van der Waals surface area contributed by atoms with Gasteiger partial charge in [0, 0.05) is 0 Å². The minimum absolute atomic E-state index is 0.0802. The van der Waals surface area contributed by atoms with Crippen LogP contribution in [0.25, 0.3) is 0 Å². The molecule has 0 saturated carbocycles. The molecule has 0 bridgehead atoms. The Morgan fingerprint density at radius 2 is 1.38 bits per heavy atom. The van der Waals surface area contributed by atoms with Gasteiger partial charge in [-0.2, -0.15) is 20.8 Å². The molecule has 7 nitrogen and oxygen atoms in total. The summed E-state index contributed by atoms with van der Waals surface area (Å²) in [6.45, 7) is 1.52. The molecule has 1 aliphatic heterocycles. The molecule has 2 unspecified atom stereocenters. The smallest absolute Gasteiger partial charge is 0.137 e. The van der Waals surface area contributed by atoms with Crippen molar-refractivity contribution in [2.75, 3.05) is 6.54 Å². The van der Waals surface area contributed by atoms with E-state index in [1.54, 1.807) is 29.3 Å². The molecule has 1 fully saturated rings. The van der Waals surface area contributed by atoms with Crippen LogP contribution in [0.5, 0.6) is 0 Å². The molecule has 2 N–H and O–H groups in total. The lowest BCUT2D eigenvalue weighted by Gasteiger charge is -2.03. The van der Waals surface area contributed by atoms with Crippen LogP contribution in [0.1, 0.15) is 22.3 Å². The lowest BCUT2D eigenvalue weighted by molar-refractivity contribution is -0.0826. The van der Waals surface area contributed by atoms with E-state index in [1.165, 1.54) is 0 Å². The van der Waals surface area contributed by atoms with Crippen molar-refractivity contribution in [3.63, 3.8) is 0 Å². The average Bonchev–Trinajstić information content (AvgIpc) is 3.47. The molecule has 0 amide bonds.